The molecule has 0 bridgehead atoms. The Morgan fingerprint density at radius 3 is 2.82 bits per heavy atom. The third-order valence-corrected chi connectivity index (χ3v) is 1.49. The van der Waals surface area contributed by atoms with Gasteiger partial charge < -0.3 is 9.73 Å². The van der Waals surface area contributed by atoms with Gasteiger partial charge in [-0.2, -0.15) is 0 Å². The van der Waals surface area contributed by atoms with Gasteiger partial charge in [-0.15, -0.1) is 0 Å². The highest BCUT2D eigenvalue weighted by Gasteiger charge is 1.97. The van der Waals surface area contributed by atoms with E-state index >= 15 is 0 Å². The third-order valence-electron chi connectivity index (χ3n) is 1.49. The number of benzene rings is 1. The van der Waals surface area contributed by atoms with Crippen LogP contribution in [0.25, 0.3) is 10.9 Å². The average molecular weight is 150 g/mol. The topological polar surface area (TPSA) is 58.2 Å². The van der Waals surface area contributed by atoms with Gasteiger partial charge in [0.15, 0.2) is 0 Å². The molecule has 0 radical (unpaired) electrons. The fourth-order valence-electron chi connectivity index (χ4n) is 0.979. The molecule has 11 heavy (non-hydrogen) atoms. The molecule has 56 valence electrons. The third kappa shape index (κ3) is 0.724. The van der Waals surface area contributed by atoms with Crippen LogP contribution < -0.4 is 5.63 Å². The Morgan fingerprint density at radius 2 is 2.09 bits per heavy atom. The van der Waals surface area contributed by atoms with Crippen LogP contribution in [0.15, 0.2) is 33.6 Å². The molecule has 0 N–H and O–H groups in total. The van der Waals surface area contributed by atoms with E-state index < -0.39 is 5.63 Å². The van der Waals surface area contributed by atoms with Gasteiger partial charge in [0, 0.05) is 0 Å². The Balaban J connectivity index is 3.07. The molecule has 4 heteroatoms. The van der Waals surface area contributed by atoms with Gasteiger partial charge in [0.25, 0.3) is 0 Å². The molecule has 4 nitrogen and oxygen atoms in total. The van der Waals surface area contributed by atoms with Crippen LogP contribution in [0.1, 0.15) is 0 Å². The van der Waals surface area contributed by atoms with Crippen molar-refractivity contribution in [3.05, 3.63) is 39.9 Å². The van der Waals surface area contributed by atoms with Crippen LogP contribution in [0.5, 0.6) is 0 Å². The first kappa shape index (κ1) is 6.03. The summed E-state index contributed by atoms with van der Waals surface area (Å²) < 4.78 is 4.27. The van der Waals surface area contributed by atoms with Gasteiger partial charge in [0.05, 0.1) is 10.9 Å². The van der Waals surface area contributed by atoms with Crippen molar-refractivity contribution in [1.29, 1.82) is 0 Å². The predicted octanol–water partition coefficient (Wildman–Crippen LogP) is 0.940. The number of hydrogen-bond donors (Lipinski definition) is 0. The molecule has 0 aliphatic carbocycles. The second-order valence-corrected chi connectivity index (χ2v) is 2.15. The first-order valence-electron chi connectivity index (χ1n) is 3.07. The molecule has 1 aromatic carbocycles. The molecule has 2 rings (SSSR count). The van der Waals surface area contributed by atoms with E-state index in [2.05, 4.69) is 4.52 Å². The SMILES string of the molecule is O=c1on([O-])c2ccccc12. The van der Waals surface area contributed by atoms with E-state index in [1.54, 1.807) is 18.2 Å². The van der Waals surface area contributed by atoms with Crippen LogP contribution in [0, 0.1) is 5.21 Å². The van der Waals surface area contributed by atoms with Gasteiger partial charge >= 0.3 is 0 Å². The Hall–Kier alpha value is -1.71. The zero-order valence-electron chi connectivity index (χ0n) is 5.48. The van der Waals surface area contributed by atoms with E-state index in [9.17, 15) is 10.0 Å². The van der Waals surface area contributed by atoms with Crippen molar-refractivity contribution in [2.45, 2.75) is 0 Å². The van der Waals surface area contributed by atoms with Crippen LogP contribution in [0.4, 0.5) is 0 Å². The molecule has 1 heterocycles. The average Bonchev–Trinajstić information content (AvgIpc) is 2.30. The minimum absolute atomic E-state index is 0.220. The summed E-state index contributed by atoms with van der Waals surface area (Å²) in [5, 5.41) is 11.1. The second-order valence-electron chi connectivity index (χ2n) is 2.15. The summed E-state index contributed by atoms with van der Waals surface area (Å²) in [5.74, 6) is 0. The predicted molar refractivity (Wildman–Crippen MR) is 39.2 cm³/mol. The second kappa shape index (κ2) is 1.88. The van der Waals surface area contributed by atoms with Crippen LogP contribution in [0.2, 0.25) is 0 Å². The zero-order chi connectivity index (χ0) is 7.84. The number of fused-ring (bicyclic) bond motifs is 1. The normalized spacial score (nSPS) is 10.5. The summed E-state index contributed by atoms with van der Waals surface area (Å²) in [4.78, 5) is 11.0. The van der Waals surface area contributed by atoms with E-state index in [4.69, 9.17) is 0 Å². The number of para-hydroxylation sites is 1. The summed E-state index contributed by atoms with van der Waals surface area (Å²) in [5.41, 5.74) is -0.312. The summed E-state index contributed by atoms with van der Waals surface area (Å²) in [6.07, 6.45) is 0. The number of aromatic nitrogens is 1. The molecule has 0 aliphatic rings. The van der Waals surface area contributed by atoms with E-state index in [1.165, 1.54) is 6.07 Å². The summed E-state index contributed by atoms with van der Waals surface area (Å²) in [6.45, 7) is 0. The Kier molecular flexibility index (Phi) is 1.03. The van der Waals surface area contributed by atoms with Gasteiger partial charge in [-0.05, 0) is 12.1 Å². The van der Waals surface area contributed by atoms with Crippen LogP contribution in [-0.2, 0) is 0 Å². The van der Waals surface area contributed by atoms with Crippen molar-refractivity contribution in [2.75, 3.05) is 0 Å². The molecule has 2 aromatic rings. The summed E-state index contributed by atoms with van der Waals surface area (Å²) in [6, 6.07) is 6.44. The van der Waals surface area contributed by atoms with Gasteiger partial charge in [0.1, 0.15) is 0 Å². The van der Waals surface area contributed by atoms with E-state index in [1.807, 2.05) is 0 Å². The Labute approximate surface area is 61.2 Å². The fourth-order valence-corrected chi connectivity index (χ4v) is 0.979. The molecular formula is C7H4NO3-. The minimum atomic E-state index is -0.587. The molecule has 1 aromatic heterocycles. The standard InChI is InChI=1S/C7H4NO3/c9-7-5-3-1-2-4-6(5)8(10)11-7/h1-4H/q-1. The van der Waals surface area contributed by atoms with Crippen molar-refractivity contribution >= 4 is 10.9 Å². The molecule has 0 spiro atoms. The van der Waals surface area contributed by atoms with Gasteiger partial charge in [-0.1, -0.05) is 12.1 Å². The molecule has 0 saturated heterocycles. The van der Waals surface area contributed by atoms with Crippen LogP contribution >= 0.6 is 0 Å². The monoisotopic (exact) mass is 150 g/mol. The van der Waals surface area contributed by atoms with E-state index in [-0.39, 0.29) is 10.4 Å². The summed E-state index contributed by atoms with van der Waals surface area (Å²) in [7, 11) is 0. The Bertz CT molecular complexity index is 440. The smallest absolute Gasteiger partial charge is 0.248 e. The van der Waals surface area contributed by atoms with E-state index in [0.717, 1.165) is 0 Å². The van der Waals surface area contributed by atoms with Crippen LogP contribution in [0.3, 0.4) is 0 Å². The molecule has 0 fully saturated rings. The van der Waals surface area contributed by atoms with Gasteiger partial charge in [-0.25, -0.2) is 4.90 Å². The first-order chi connectivity index (χ1) is 5.29. The van der Waals surface area contributed by atoms with Crippen LogP contribution in [-0.4, -0.2) is 4.90 Å². The van der Waals surface area contributed by atoms with Crippen molar-refractivity contribution in [3.63, 3.8) is 0 Å². The molecule has 0 atom stereocenters. The molecule has 0 amide bonds. The quantitative estimate of drug-likeness (QED) is 0.561. The van der Waals surface area contributed by atoms with Crippen molar-refractivity contribution in [3.8, 4) is 0 Å². The highest BCUT2D eigenvalue weighted by Crippen LogP contribution is 2.07. The number of hydrogen-bond acceptors (Lipinski definition) is 3. The highest BCUT2D eigenvalue weighted by molar-refractivity contribution is 5.77. The van der Waals surface area contributed by atoms with Gasteiger partial charge in [0.2, 0.25) is 5.63 Å². The molecular weight excluding hydrogens is 146 g/mol. The lowest BCUT2D eigenvalue weighted by Crippen LogP contribution is -1.90. The largest absolute Gasteiger partial charge is 0.480 e. The van der Waals surface area contributed by atoms with Crippen molar-refractivity contribution < 1.29 is 4.52 Å². The van der Waals surface area contributed by atoms with Gasteiger partial charge in [-0.3, -0.25) is 4.79 Å². The molecule has 0 saturated carbocycles. The molecule has 0 aliphatic heterocycles. The number of nitrogens with zero attached hydrogens (tertiary/aromatic N) is 1. The lowest BCUT2D eigenvalue weighted by molar-refractivity contribution is 0.332. The maximum Gasteiger partial charge on any atom is 0.248 e. The Morgan fingerprint density at radius 1 is 1.36 bits per heavy atom. The summed E-state index contributed by atoms with van der Waals surface area (Å²) >= 11 is 0. The maximum absolute atomic E-state index is 10.8. The minimum Gasteiger partial charge on any atom is -0.480 e. The fraction of sp³-hybridized carbons (Fsp3) is 0. The first-order valence-corrected chi connectivity index (χ1v) is 3.07. The van der Waals surface area contributed by atoms with Crippen molar-refractivity contribution in [2.24, 2.45) is 0 Å². The van der Waals surface area contributed by atoms with Crippen molar-refractivity contribution in [1.82, 2.24) is 4.90 Å². The molecule has 0 unspecified atom stereocenters. The lowest BCUT2D eigenvalue weighted by atomic mass is 10.3. The maximum atomic E-state index is 10.8. The number of rotatable bonds is 0. The zero-order valence-corrected chi connectivity index (χ0v) is 5.48. The van der Waals surface area contributed by atoms with E-state index in [0.29, 0.717) is 5.39 Å². The lowest BCUT2D eigenvalue weighted by Gasteiger charge is -1.96. The highest BCUT2D eigenvalue weighted by atomic mass is 16.7.